The molecule has 0 spiro atoms. The molecule has 1 amide bonds. The lowest BCUT2D eigenvalue weighted by Crippen LogP contribution is -2.41. The summed E-state index contributed by atoms with van der Waals surface area (Å²) in [7, 11) is 0. The lowest BCUT2D eigenvalue weighted by molar-refractivity contribution is -0.117. The summed E-state index contributed by atoms with van der Waals surface area (Å²) in [6, 6.07) is 8.33. The molecule has 0 radical (unpaired) electrons. The van der Waals surface area contributed by atoms with Gasteiger partial charge < -0.3 is 15.0 Å². The van der Waals surface area contributed by atoms with Crippen LogP contribution in [0.3, 0.4) is 0 Å². The third-order valence-corrected chi connectivity index (χ3v) is 4.14. The fourth-order valence-electron chi connectivity index (χ4n) is 3.04. The van der Waals surface area contributed by atoms with E-state index in [1.54, 1.807) is 0 Å². The number of hydrogen-bond donors (Lipinski definition) is 1. The van der Waals surface area contributed by atoms with E-state index in [0.29, 0.717) is 19.2 Å². The van der Waals surface area contributed by atoms with Crippen molar-refractivity contribution < 1.29 is 9.53 Å². The lowest BCUT2D eigenvalue weighted by Gasteiger charge is -2.23. The van der Waals surface area contributed by atoms with Crippen LogP contribution in [0.2, 0.25) is 0 Å². The number of para-hydroxylation sites is 2. The quantitative estimate of drug-likeness (QED) is 0.920. The molecule has 1 aliphatic heterocycles. The van der Waals surface area contributed by atoms with Crippen LogP contribution in [-0.2, 0) is 4.79 Å². The Morgan fingerprint density at radius 1 is 1.25 bits per heavy atom. The molecule has 1 aromatic carbocycles. The molecular weight excluding hydrogens is 252 g/mol. The Hall–Kier alpha value is -1.55. The molecular formula is C16H22N2O2. The molecule has 2 aliphatic rings. The monoisotopic (exact) mass is 274 g/mol. The van der Waals surface area contributed by atoms with Gasteiger partial charge in [-0.1, -0.05) is 25.0 Å². The summed E-state index contributed by atoms with van der Waals surface area (Å²) in [5.41, 5.74) is 0.906. The van der Waals surface area contributed by atoms with Crippen LogP contribution in [0.25, 0.3) is 0 Å². The number of fused-ring (bicyclic) bond motifs is 1. The van der Waals surface area contributed by atoms with Crippen molar-refractivity contribution in [2.75, 3.05) is 24.6 Å². The van der Waals surface area contributed by atoms with Gasteiger partial charge >= 0.3 is 0 Å². The molecule has 1 fully saturated rings. The summed E-state index contributed by atoms with van der Waals surface area (Å²) in [6.45, 7) is 1.85. The highest BCUT2D eigenvalue weighted by atomic mass is 16.5. The predicted molar refractivity (Wildman–Crippen MR) is 79.2 cm³/mol. The number of carbonyl (C=O) groups excluding carboxylic acids is 1. The number of hydrogen-bond acceptors (Lipinski definition) is 3. The normalized spacial score (nSPS) is 19.3. The molecule has 4 nitrogen and oxygen atoms in total. The second kappa shape index (κ2) is 6.27. The molecule has 3 rings (SSSR count). The van der Waals surface area contributed by atoms with Crippen molar-refractivity contribution in [1.29, 1.82) is 0 Å². The summed E-state index contributed by atoms with van der Waals surface area (Å²) < 4.78 is 5.69. The van der Waals surface area contributed by atoms with E-state index in [9.17, 15) is 4.79 Å². The summed E-state index contributed by atoms with van der Waals surface area (Å²) in [6.07, 6.45) is 5.85. The van der Waals surface area contributed by atoms with Crippen LogP contribution >= 0.6 is 0 Å². The average Bonchev–Trinajstić information content (AvgIpc) is 2.90. The third kappa shape index (κ3) is 2.96. The van der Waals surface area contributed by atoms with Gasteiger partial charge in [0.25, 0.3) is 0 Å². The van der Waals surface area contributed by atoms with Crippen LogP contribution in [-0.4, -0.2) is 31.6 Å². The molecule has 4 heteroatoms. The number of rotatable bonds is 3. The molecule has 1 aromatic rings. The first-order valence-corrected chi connectivity index (χ1v) is 7.60. The zero-order chi connectivity index (χ0) is 13.8. The van der Waals surface area contributed by atoms with Gasteiger partial charge in [0.15, 0.2) is 0 Å². The SMILES string of the molecule is O=C(CNC1CCCC1)N1CCCOc2ccccc21. The molecule has 0 atom stereocenters. The fraction of sp³-hybridized carbons (Fsp3) is 0.562. The highest BCUT2D eigenvalue weighted by Gasteiger charge is 2.23. The van der Waals surface area contributed by atoms with Crippen molar-refractivity contribution in [3.8, 4) is 5.75 Å². The van der Waals surface area contributed by atoms with Gasteiger partial charge in [-0.25, -0.2) is 0 Å². The van der Waals surface area contributed by atoms with Crippen molar-refractivity contribution in [2.45, 2.75) is 38.1 Å². The Morgan fingerprint density at radius 2 is 2.05 bits per heavy atom. The van der Waals surface area contributed by atoms with Gasteiger partial charge in [0.05, 0.1) is 18.8 Å². The topological polar surface area (TPSA) is 41.6 Å². The first-order valence-electron chi connectivity index (χ1n) is 7.60. The van der Waals surface area contributed by atoms with Crippen LogP contribution in [0, 0.1) is 0 Å². The van der Waals surface area contributed by atoms with E-state index in [1.165, 1.54) is 25.7 Å². The van der Waals surface area contributed by atoms with Crippen LogP contribution in [0.5, 0.6) is 5.75 Å². The Bertz CT molecular complexity index is 469. The first kappa shape index (κ1) is 13.4. The minimum Gasteiger partial charge on any atom is -0.491 e. The van der Waals surface area contributed by atoms with Gasteiger partial charge in [-0.2, -0.15) is 0 Å². The van der Waals surface area contributed by atoms with Gasteiger partial charge in [-0.3, -0.25) is 4.79 Å². The van der Waals surface area contributed by atoms with E-state index in [2.05, 4.69) is 5.32 Å². The summed E-state index contributed by atoms with van der Waals surface area (Å²) in [5.74, 6) is 0.967. The smallest absolute Gasteiger partial charge is 0.241 e. The van der Waals surface area contributed by atoms with Crippen LogP contribution in [0.4, 0.5) is 5.69 Å². The van der Waals surface area contributed by atoms with E-state index < -0.39 is 0 Å². The molecule has 20 heavy (non-hydrogen) atoms. The van der Waals surface area contributed by atoms with E-state index >= 15 is 0 Å². The van der Waals surface area contributed by atoms with E-state index in [-0.39, 0.29) is 5.91 Å². The second-order valence-electron chi connectivity index (χ2n) is 5.58. The molecule has 0 bridgehead atoms. The molecule has 108 valence electrons. The van der Waals surface area contributed by atoms with Crippen LogP contribution < -0.4 is 15.0 Å². The number of carbonyl (C=O) groups is 1. The summed E-state index contributed by atoms with van der Waals surface area (Å²) >= 11 is 0. The maximum absolute atomic E-state index is 12.5. The highest BCUT2D eigenvalue weighted by molar-refractivity contribution is 5.96. The summed E-state index contributed by atoms with van der Waals surface area (Å²) in [4.78, 5) is 14.3. The molecule has 1 N–H and O–H groups in total. The number of amides is 1. The maximum atomic E-state index is 12.5. The van der Waals surface area contributed by atoms with E-state index in [4.69, 9.17) is 4.74 Å². The minimum atomic E-state index is 0.148. The lowest BCUT2D eigenvalue weighted by atomic mass is 10.2. The number of nitrogens with one attached hydrogen (secondary N) is 1. The minimum absolute atomic E-state index is 0.148. The second-order valence-corrected chi connectivity index (χ2v) is 5.58. The standard InChI is InChI=1S/C16H22N2O2/c19-16(12-17-13-6-1-2-7-13)18-10-5-11-20-15-9-4-3-8-14(15)18/h3-4,8-9,13,17H,1-2,5-7,10-12H2. The van der Waals surface area contributed by atoms with Crippen molar-refractivity contribution >= 4 is 11.6 Å². The Kier molecular flexibility index (Phi) is 4.21. The van der Waals surface area contributed by atoms with Gasteiger partial charge in [0.2, 0.25) is 5.91 Å². The maximum Gasteiger partial charge on any atom is 0.241 e. The van der Waals surface area contributed by atoms with Gasteiger partial charge in [-0.05, 0) is 31.4 Å². The number of benzene rings is 1. The van der Waals surface area contributed by atoms with E-state index in [0.717, 1.165) is 24.4 Å². The molecule has 0 unspecified atom stereocenters. The number of ether oxygens (including phenoxy) is 1. The van der Waals surface area contributed by atoms with Crippen molar-refractivity contribution in [3.05, 3.63) is 24.3 Å². The highest BCUT2D eigenvalue weighted by Crippen LogP contribution is 2.30. The average molecular weight is 274 g/mol. The fourth-order valence-corrected chi connectivity index (χ4v) is 3.04. The predicted octanol–water partition coefficient (Wildman–Crippen LogP) is 2.33. The zero-order valence-electron chi connectivity index (χ0n) is 11.8. The van der Waals surface area contributed by atoms with Gasteiger partial charge in [0, 0.05) is 12.6 Å². The third-order valence-electron chi connectivity index (χ3n) is 4.14. The number of anilines is 1. The molecule has 1 saturated carbocycles. The van der Waals surface area contributed by atoms with Crippen molar-refractivity contribution in [1.82, 2.24) is 5.32 Å². The van der Waals surface area contributed by atoms with Crippen LogP contribution in [0.1, 0.15) is 32.1 Å². The first-order chi connectivity index (χ1) is 9.84. The Balaban J connectivity index is 1.67. The largest absolute Gasteiger partial charge is 0.491 e. The molecule has 1 heterocycles. The number of nitrogens with zero attached hydrogens (tertiary/aromatic N) is 1. The van der Waals surface area contributed by atoms with E-state index in [1.807, 2.05) is 29.2 Å². The zero-order valence-corrected chi connectivity index (χ0v) is 11.8. The Morgan fingerprint density at radius 3 is 2.90 bits per heavy atom. The molecule has 0 saturated heterocycles. The van der Waals surface area contributed by atoms with Crippen LogP contribution in [0.15, 0.2) is 24.3 Å². The van der Waals surface area contributed by atoms with Crippen molar-refractivity contribution in [3.63, 3.8) is 0 Å². The van der Waals surface area contributed by atoms with Crippen molar-refractivity contribution in [2.24, 2.45) is 0 Å². The molecule has 1 aliphatic carbocycles. The van der Waals surface area contributed by atoms with Gasteiger partial charge in [-0.15, -0.1) is 0 Å². The van der Waals surface area contributed by atoms with Gasteiger partial charge in [0.1, 0.15) is 5.75 Å². The Labute approximate surface area is 120 Å². The molecule has 0 aromatic heterocycles. The summed E-state index contributed by atoms with van der Waals surface area (Å²) in [5, 5.41) is 3.40.